The Balaban J connectivity index is 0.00000225. The van der Waals surface area contributed by atoms with E-state index in [9.17, 15) is 4.79 Å². The van der Waals surface area contributed by atoms with E-state index in [1.54, 1.807) is 9.25 Å². The number of para-hydroxylation sites is 1. The molecule has 1 fully saturated rings. The molecule has 1 aliphatic rings. The van der Waals surface area contributed by atoms with Crippen molar-refractivity contribution in [3.63, 3.8) is 0 Å². The van der Waals surface area contributed by atoms with Gasteiger partial charge in [0.25, 0.3) is 0 Å². The topological polar surface area (TPSA) is 51.9 Å². The summed E-state index contributed by atoms with van der Waals surface area (Å²) in [7, 11) is 0. The lowest BCUT2D eigenvalue weighted by Gasteiger charge is -2.22. The van der Waals surface area contributed by atoms with Crippen LogP contribution in [0.4, 0.5) is 0 Å². The molecule has 0 spiro atoms. The third-order valence-electron chi connectivity index (χ3n) is 4.93. The highest BCUT2D eigenvalue weighted by Crippen LogP contribution is 2.22. The van der Waals surface area contributed by atoms with Crippen molar-refractivity contribution in [3.05, 3.63) is 88.6 Å². The van der Waals surface area contributed by atoms with Crippen molar-refractivity contribution in [2.45, 2.75) is 25.3 Å². The van der Waals surface area contributed by atoms with Crippen molar-refractivity contribution < 1.29 is 0 Å². The molecule has 3 aromatic rings. The van der Waals surface area contributed by atoms with Crippen LogP contribution in [0, 0.1) is 0 Å². The van der Waals surface area contributed by atoms with Gasteiger partial charge in [0, 0.05) is 12.5 Å². The first-order chi connectivity index (χ1) is 13.3. The van der Waals surface area contributed by atoms with Crippen LogP contribution in [0.5, 0.6) is 0 Å². The zero-order valence-corrected chi connectivity index (χ0v) is 16.5. The predicted molar refractivity (Wildman–Crippen MR) is 115 cm³/mol. The predicted octanol–water partition coefficient (Wildman–Crippen LogP) is 3.64. The zero-order chi connectivity index (χ0) is 18.5. The van der Waals surface area contributed by atoms with Crippen LogP contribution >= 0.6 is 12.4 Å². The van der Waals surface area contributed by atoms with E-state index in [2.05, 4.69) is 5.32 Å². The van der Waals surface area contributed by atoms with E-state index in [1.807, 2.05) is 72.8 Å². The molecule has 0 radical (unpaired) electrons. The summed E-state index contributed by atoms with van der Waals surface area (Å²) in [5, 5.41) is 8.14. The molecule has 4 rings (SSSR count). The maximum Gasteiger partial charge on any atom is 0.350 e. The monoisotopic (exact) mass is 396 g/mol. The van der Waals surface area contributed by atoms with E-state index in [-0.39, 0.29) is 24.0 Å². The van der Waals surface area contributed by atoms with Gasteiger partial charge in [-0.2, -0.15) is 5.10 Å². The van der Waals surface area contributed by atoms with E-state index in [0.29, 0.717) is 6.54 Å². The van der Waals surface area contributed by atoms with Crippen LogP contribution in [0.2, 0.25) is 0 Å². The molecule has 0 saturated carbocycles. The van der Waals surface area contributed by atoms with Crippen LogP contribution in [0.1, 0.15) is 30.1 Å². The third-order valence-corrected chi connectivity index (χ3v) is 4.93. The fraction of sp³-hybridized carbons (Fsp3) is 0.273. The van der Waals surface area contributed by atoms with Gasteiger partial charge in [0.05, 0.1) is 12.2 Å². The Kier molecular flexibility index (Phi) is 6.85. The molecule has 1 unspecified atom stereocenters. The van der Waals surface area contributed by atoms with Gasteiger partial charge in [-0.05, 0) is 37.1 Å². The molecule has 0 bridgehead atoms. The highest BCUT2D eigenvalue weighted by Gasteiger charge is 2.24. The highest BCUT2D eigenvalue weighted by molar-refractivity contribution is 5.85. The number of nitrogens with one attached hydrogen (secondary N) is 1. The first-order valence-electron chi connectivity index (χ1n) is 9.50. The summed E-state index contributed by atoms with van der Waals surface area (Å²) in [5.41, 5.74) is 1.91. The molecule has 5 nitrogen and oxygen atoms in total. The summed E-state index contributed by atoms with van der Waals surface area (Å²) in [6, 6.07) is 19.9. The summed E-state index contributed by atoms with van der Waals surface area (Å²) in [4.78, 5) is 13.1. The standard InChI is InChI=1S/C22H24N4O.ClH/c27-22-25(16-8-11-18-9-3-1-4-10-18)24-21(19-12-7-15-23-17-19)26(22)20-13-5-2-6-14-20;/h1-6,8-11,13-14,19,23H,7,12,15-17H2;1H/b11-8+;. The number of halogens is 1. The molecule has 28 heavy (non-hydrogen) atoms. The fourth-order valence-electron chi connectivity index (χ4n) is 3.55. The average molecular weight is 397 g/mol. The van der Waals surface area contributed by atoms with Gasteiger partial charge in [0.1, 0.15) is 5.82 Å². The number of nitrogens with zero attached hydrogens (tertiary/aromatic N) is 3. The molecule has 1 saturated heterocycles. The van der Waals surface area contributed by atoms with E-state index in [1.165, 1.54) is 0 Å². The Morgan fingerprint density at radius 1 is 1.07 bits per heavy atom. The first-order valence-corrected chi connectivity index (χ1v) is 9.50. The zero-order valence-electron chi connectivity index (χ0n) is 15.7. The molecule has 1 aromatic heterocycles. The van der Waals surface area contributed by atoms with E-state index in [0.717, 1.165) is 43.0 Å². The maximum absolute atomic E-state index is 13.1. The minimum atomic E-state index is -0.0838. The fourth-order valence-corrected chi connectivity index (χ4v) is 3.55. The van der Waals surface area contributed by atoms with Gasteiger partial charge in [-0.1, -0.05) is 60.7 Å². The van der Waals surface area contributed by atoms with Crippen molar-refractivity contribution in [2.24, 2.45) is 0 Å². The third kappa shape index (κ3) is 4.43. The van der Waals surface area contributed by atoms with Crippen LogP contribution in [-0.2, 0) is 6.54 Å². The molecular formula is C22H25ClN4O. The lowest BCUT2D eigenvalue weighted by atomic mass is 9.99. The minimum absolute atomic E-state index is 0. The largest absolute Gasteiger partial charge is 0.350 e. The smallest absolute Gasteiger partial charge is 0.316 e. The SMILES string of the molecule is Cl.O=c1n(C/C=C/c2ccccc2)nc(C2CCCNC2)n1-c1ccccc1. The van der Waals surface area contributed by atoms with Crippen molar-refractivity contribution in [1.82, 2.24) is 19.7 Å². The van der Waals surface area contributed by atoms with Gasteiger partial charge in [-0.3, -0.25) is 0 Å². The summed E-state index contributed by atoms with van der Waals surface area (Å²) < 4.78 is 3.34. The Morgan fingerprint density at radius 3 is 2.46 bits per heavy atom. The molecular weight excluding hydrogens is 372 g/mol. The van der Waals surface area contributed by atoms with Crippen molar-refractivity contribution in [3.8, 4) is 5.69 Å². The molecule has 1 atom stereocenters. The van der Waals surface area contributed by atoms with Gasteiger partial charge in [0.2, 0.25) is 0 Å². The lowest BCUT2D eigenvalue weighted by molar-refractivity contribution is 0.440. The summed E-state index contributed by atoms with van der Waals surface area (Å²) in [6.45, 7) is 2.36. The van der Waals surface area contributed by atoms with Crippen LogP contribution in [0.3, 0.4) is 0 Å². The van der Waals surface area contributed by atoms with Crippen molar-refractivity contribution in [1.29, 1.82) is 0 Å². The summed E-state index contributed by atoms with van der Waals surface area (Å²) in [5.74, 6) is 1.11. The van der Waals surface area contributed by atoms with Gasteiger partial charge in [-0.15, -0.1) is 12.4 Å². The second-order valence-electron chi connectivity index (χ2n) is 6.85. The number of benzene rings is 2. The maximum atomic E-state index is 13.1. The number of rotatable bonds is 5. The van der Waals surface area contributed by atoms with Gasteiger partial charge in [-0.25, -0.2) is 14.0 Å². The van der Waals surface area contributed by atoms with Crippen LogP contribution in [0.15, 0.2) is 71.5 Å². The van der Waals surface area contributed by atoms with E-state index in [4.69, 9.17) is 5.10 Å². The van der Waals surface area contributed by atoms with Crippen LogP contribution < -0.4 is 11.0 Å². The van der Waals surface area contributed by atoms with Gasteiger partial charge < -0.3 is 5.32 Å². The van der Waals surface area contributed by atoms with Crippen molar-refractivity contribution >= 4 is 18.5 Å². The Hall–Kier alpha value is -2.63. The van der Waals surface area contributed by atoms with E-state index < -0.39 is 0 Å². The molecule has 1 N–H and O–H groups in total. The summed E-state index contributed by atoms with van der Waals surface area (Å²) in [6.07, 6.45) is 6.17. The second-order valence-corrected chi connectivity index (χ2v) is 6.85. The lowest BCUT2D eigenvalue weighted by Crippen LogP contribution is -2.31. The Labute approximate surface area is 171 Å². The first kappa shape index (κ1) is 20.1. The second kappa shape index (κ2) is 9.53. The van der Waals surface area contributed by atoms with Gasteiger partial charge in [0.15, 0.2) is 0 Å². The summed E-state index contributed by atoms with van der Waals surface area (Å²) >= 11 is 0. The van der Waals surface area contributed by atoms with Crippen LogP contribution in [0.25, 0.3) is 11.8 Å². The number of piperidine rings is 1. The molecule has 146 valence electrons. The molecule has 0 aliphatic carbocycles. The molecule has 0 amide bonds. The van der Waals surface area contributed by atoms with E-state index >= 15 is 0 Å². The molecule has 2 heterocycles. The normalized spacial score (nSPS) is 16.8. The number of hydrogen-bond donors (Lipinski definition) is 1. The number of hydrogen-bond acceptors (Lipinski definition) is 3. The van der Waals surface area contributed by atoms with Crippen LogP contribution in [-0.4, -0.2) is 27.4 Å². The molecule has 2 aromatic carbocycles. The van der Waals surface area contributed by atoms with Crippen molar-refractivity contribution in [2.75, 3.05) is 13.1 Å². The minimum Gasteiger partial charge on any atom is -0.316 e. The Bertz CT molecular complexity index is 957. The number of aromatic nitrogens is 3. The molecule has 6 heteroatoms. The molecule has 1 aliphatic heterocycles. The highest BCUT2D eigenvalue weighted by atomic mass is 35.5. The Morgan fingerprint density at radius 2 is 1.79 bits per heavy atom. The van der Waals surface area contributed by atoms with Gasteiger partial charge >= 0.3 is 5.69 Å². The number of allylic oxidation sites excluding steroid dienone is 1. The average Bonchev–Trinajstić information content (AvgIpc) is 3.06. The quantitative estimate of drug-likeness (QED) is 0.716.